The second-order valence-electron chi connectivity index (χ2n) is 7.05. The Bertz CT molecular complexity index is 573. The summed E-state index contributed by atoms with van der Waals surface area (Å²) in [5.41, 5.74) is 4.09. The summed E-state index contributed by atoms with van der Waals surface area (Å²) < 4.78 is 0. The number of hydrogen-bond acceptors (Lipinski definition) is 2. The Morgan fingerprint density at radius 2 is 1.89 bits per heavy atom. The van der Waals surface area contributed by atoms with Gasteiger partial charge in [0.05, 0.1) is 12.0 Å². The molecule has 0 radical (unpaired) electrons. The Morgan fingerprint density at radius 1 is 1.26 bits per heavy atom. The first-order valence-corrected chi connectivity index (χ1v) is 9.57. The molecule has 0 aromatic heterocycles. The molecule has 0 atom stereocenters. The maximum Gasteiger partial charge on any atom is 0.0912 e. The van der Waals surface area contributed by atoms with Crippen LogP contribution in [0.15, 0.2) is 17.1 Å². The summed E-state index contributed by atoms with van der Waals surface area (Å²) >= 11 is 0. The van der Waals surface area contributed by atoms with Crippen molar-refractivity contribution in [3.8, 4) is 0 Å². The lowest BCUT2D eigenvalue weighted by atomic mass is 9.85. The van der Waals surface area contributed by atoms with Gasteiger partial charge >= 0.3 is 0 Å². The zero-order valence-corrected chi connectivity index (χ0v) is 13.9. The molecule has 0 unspecified atom stereocenters. The van der Waals surface area contributed by atoms with E-state index in [0.717, 1.165) is 12.2 Å². The molecule has 1 heterocycles. The lowest BCUT2D eigenvalue weighted by Crippen LogP contribution is -2.30. The Hall–Kier alpha value is -1.01. The normalized spacial score (nSPS) is 15.6. The van der Waals surface area contributed by atoms with E-state index in [-0.39, 0.29) is 5.41 Å². The van der Waals surface area contributed by atoms with Gasteiger partial charge in [-0.05, 0) is 35.7 Å². The zero-order chi connectivity index (χ0) is 14.4. The molecule has 0 bridgehead atoms. The van der Waals surface area contributed by atoms with Crippen LogP contribution < -0.4 is 5.30 Å². The van der Waals surface area contributed by atoms with E-state index in [4.69, 9.17) is 0 Å². The van der Waals surface area contributed by atoms with E-state index in [1.165, 1.54) is 16.4 Å². The van der Waals surface area contributed by atoms with Crippen molar-refractivity contribution in [1.29, 1.82) is 0 Å². The van der Waals surface area contributed by atoms with Crippen LogP contribution in [-0.2, 0) is 12.0 Å². The molecular formula is C16H25N2P. The van der Waals surface area contributed by atoms with Crippen LogP contribution in [0.5, 0.6) is 0 Å². The van der Waals surface area contributed by atoms with Crippen LogP contribution >= 0.6 is 6.89 Å². The van der Waals surface area contributed by atoms with Crippen LogP contribution in [0.25, 0.3) is 0 Å². The average molecular weight is 276 g/mol. The van der Waals surface area contributed by atoms with Crippen LogP contribution in [0.3, 0.4) is 0 Å². The minimum Gasteiger partial charge on any atom is -0.361 e. The van der Waals surface area contributed by atoms with E-state index in [1.54, 1.807) is 0 Å². The Morgan fingerprint density at radius 3 is 2.42 bits per heavy atom. The summed E-state index contributed by atoms with van der Waals surface area (Å²) in [6.07, 6.45) is 6.40. The molecule has 0 saturated heterocycles. The molecule has 1 aromatic rings. The molecule has 19 heavy (non-hydrogen) atoms. The number of nitrogens with zero attached hydrogens (tertiary/aromatic N) is 2. The van der Waals surface area contributed by atoms with E-state index < -0.39 is 6.89 Å². The van der Waals surface area contributed by atoms with Crippen LogP contribution in [0, 0.1) is 0 Å². The van der Waals surface area contributed by atoms with Crippen molar-refractivity contribution in [2.24, 2.45) is 4.99 Å². The molecule has 2 rings (SSSR count). The number of fused-ring (bicyclic) bond motifs is 1. The van der Waals surface area contributed by atoms with Gasteiger partial charge in [0.2, 0.25) is 0 Å². The number of hydrogen-bond donors (Lipinski definition) is 0. The summed E-state index contributed by atoms with van der Waals surface area (Å²) in [4.78, 5) is 6.71. The third-order valence-corrected chi connectivity index (χ3v) is 5.19. The van der Waals surface area contributed by atoms with Gasteiger partial charge in [0, 0.05) is 19.2 Å². The number of benzene rings is 1. The molecule has 0 spiro atoms. The van der Waals surface area contributed by atoms with Crippen molar-refractivity contribution < 1.29 is 0 Å². The first-order valence-electron chi connectivity index (χ1n) is 6.70. The summed E-state index contributed by atoms with van der Waals surface area (Å²) in [5, 5.41) is 1.47. The fraction of sp³-hybridized carbons (Fsp3) is 0.500. The Balaban J connectivity index is 2.78. The lowest BCUT2D eigenvalue weighted by molar-refractivity contribution is 0.509. The molecule has 0 saturated carbocycles. The van der Waals surface area contributed by atoms with Crippen molar-refractivity contribution in [2.75, 3.05) is 20.4 Å². The molecule has 1 aliphatic rings. The minimum absolute atomic E-state index is 0.152. The summed E-state index contributed by atoms with van der Waals surface area (Å²) in [6, 6.07) is 4.42. The van der Waals surface area contributed by atoms with Crippen molar-refractivity contribution in [3.05, 3.63) is 23.3 Å². The minimum atomic E-state index is -1.34. The van der Waals surface area contributed by atoms with Gasteiger partial charge in [0.1, 0.15) is 0 Å². The van der Waals surface area contributed by atoms with Gasteiger partial charge in [0.25, 0.3) is 0 Å². The third-order valence-electron chi connectivity index (χ3n) is 3.47. The second-order valence-corrected chi connectivity index (χ2v) is 10.9. The summed E-state index contributed by atoms with van der Waals surface area (Å²) in [7, 11) is 2.08. The van der Waals surface area contributed by atoms with E-state index in [1.807, 2.05) is 6.34 Å². The highest BCUT2D eigenvalue weighted by molar-refractivity contribution is 7.79. The fourth-order valence-corrected chi connectivity index (χ4v) is 4.63. The standard InChI is InChI=1S/C16H25N2P/c1-16(2,3)13-8-9-14-12(10-18(4)11-17-14)15(13)19(5,6)7/h8-9,11H,5,10H2,1-4,6-7H3. The van der Waals surface area contributed by atoms with Crippen molar-refractivity contribution >= 4 is 30.5 Å². The Labute approximate surface area is 117 Å². The number of aliphatic imine (C=N–C) groups is 1. The molecule has 2 nitrogen and oxygen atoms in total. The fourth-order valence-electron chi connectivity index (χ4n) is 2.65. The van der Waals surface area contributed by atoms with E-state index >= 15 is 0 Å². The quantitative estimate of drug-likeness (QED) is 0.718. The van der Waals surface area contributed by atoms with Crippen molar-refractivity contribution in [3.63, 3.8) is 0 Å². The van der Waals surface area contributed by atoms with Crippen LogP contribution in [0.2, 0.25) is 0 Å². The van der Waals surface area contributed by atoms with Gasteiger partial charge in [-0.3, -0.25) is 0 Å². The first-order chi connectivity index (χ1) is 8.60. The van der Waals surface area contributed by atoms with Crippen LogP contribution in [0.4, 0.5) is 5.69 Å². The maximum absolute atomic E-state index is 4.56. The second kappa shape index (κ2) is 4.52. The molecule has 0 N–H and O–H groups in total. The smallest absolute Gasteiger partial charge is 0.0912 e. The van der Waals surface area contributed by atoms with Gasteiger partial charge in [-0.1, -0.05) is 40.0 Å². The molecule has 0 fully saturated rings. The van der Waals surface area contributed by atoms with Crippen LogP contribution in [0.1, 0.15) is 31.9 Å². The molecular weight excluding hydrogens is 251 g/mol. The van der Waals surface area contributed by atoms with Gasteiger partial charge < -0.3 is 4.90 Å². The van der Waals surface area contributed by atoms with E-state index in [0.29, 0.717) is 0 Å². The molecule has 1 aromatic carbocycles. The Kier molecular flexibility index (Phi) is 3.43. The molecule has 104 valence electrons. The topological polar surface area (TPSA) is 15.6 Å². The highest BCUT2D eigenvalue weighted by Crippen LogP contribution is 2.43. The first kappa shape index (κ1) is 14.4. The van der Waals surface area contributed by atoms with Crippen LogP contribution in [-0.4, -0.2) is 37.9 Å². The summed E-state index contributed by atoms with van der Waals surface area (Å²) in [6.45, 7) is 11.0. The third kappa shape index (κ3) is 2.79. The zero-order valence-electron chi connectivity index (χ0n) is 13.0. The van der Waals surface area contributed by atoms with Gasteiger partial charge in [-0.15, -0.1) is 0 Å². The van der Waals surface area contributed by atoms with E-state index in [2.05, 4.69) is 69.5 Å². The van der Waals surface area contributed by atoms with E-state index in [9.17, 15) is 0 Å². The predicted octanol–water partition coefficient (Wildman–Crippen LogP) is 3.42. The summed E-state index contributed by atoms with van der Waals surface area (Å²) in [5.74, 6) is 0. The van der Waals surface area contributed by atoms with Gasteiger partial charge in [-0.25, -0.2) is 4.99 Å². The predicted molar refractivity (Wildman–Crippen MR) is 90.3 cm³/mol. The molecule has 1 aliphatic heterocycles. The lowest BCUT2D eigenvalue weighted by Gasteiger charge is -2.33. The molecule has 0 amide bonds. The van der Waals surface area contributed by atoms with Crippen molar-refractivity contribution in [1.82, 2.24) is 4.90 Å². The largest absolute Gasteiger partial charge is 0.361 e. The van der Waals surface area contributed by atoms with Crippen molar-refractivity contribution in [2.45, 2.75) is 32.7 Å². The highest BCUT2D eigenvalue weighted by Gasteiger charge is 2.26. The molecule has 3 heteroatoms. The monoisotopic (exact) mass is 276 g/mol. The SMILES string of the molecule is C=P(C)(C)c1c(C(C)(C)C)ccc2c1CN(C)C=N2. The molecule has 0 aliphatic carbocycles. The van der Waals surface area contributed by atoms with Gasteiger partial charge in [-0.2, -0.15) is 0 Å². The number of rotatable bonds is 1. The maximum atomic E-state index is 4.56. The highest BCUT2D eigenvalue weighted by atomic mass is 31.2. The van der Waals surface area contributed by atoms with Gasteiger partial charge in [0.15, 0.2) is 0 Å². The average Bonchev–Trinajstić information content (AvgIpc) is 2.24.